The van der Waals surface area contributed by atoms with Gasteiger partial charge in [0.05, 0.1) is 11.9 Å². The summed E-state index contributed by atoms with van der Waals surface area (Å²) in [5, 5.41) is 8.51. The molecule has 1 rings (SSSR count). The van der Waals surface area contributed by atoms with E-state index in [1.165, 1.54) is 0 Å². The van der Waals surface area contributed by atoms with E-state index < -0.39 is 0 Å². The van der Waals surface area contributed by atoms with Crippen molar-refractivity contribution in [1.82, 2.24) is 9.97 Å². The lowest BCUT2D eigenvalue weighted by atomic mass is 10.3. The number of aliphatic hydroxyl groups excluding tert-OH is 1. The zero-order valence-corrected chi connectivity index (χ0v) is 7.62. The van der Waals surface area contributed by atoms with E-state index >= 15 is 0 Å². The topological polar surface area (TPSA) is 46.0 Å². The molecule has 0 saturated heterocycles. The van der Waals surface area contributed by atoms with Gasteiger partial charge in [-0.2, -0.15) is 0 Å². The molecule has 0 amide bonds. The maximum atomic E-state index is 8.51. The number of aliphatic hydroxyl groups is 1. The fourth-order valence-corrected chi connectivity index (χ4v) is 0.844. The number of hydrogen-bond acceptors (Lipinski definition) is 3. The molecule has 0 aliphatic heterocycles. The van der Waals surface area contributed by atoms with Gasteiger partial charge in [-0.1, -0.05) is 5.92 Å². The standard InChI is InChI=1S/C10H12N2O/c1-9-7-11-8-10(12-9)5-3-2-4-6-13/h7-8,13H,2,4,6H2,1H3. The maximum absolute atomic E-state index is 8.51. The second kappa shape index (κ2) is 5.28. The Balaban J connectivity index is 2.56. The molecule has 1 aromatic heterocycles. The smallest absolute Gasteiger partial charge is 0.131 e. The number of aromatic nitrogens is 2. The highest BCUT2D eigenvalue weighted by atomic mass is 16.2. The first-order valence-corrected chi connectivity index (χ1v) is 4.21. The van der Waals surface area contributed by atoms with Gasteiger partial charge in [-0.25, -0.2) is 4.98 Å². The molecule has 13 heavy (non-hydrogen) atoms. The van der Waals surface area contributed by atoms with Crippen molar-refractivity contribution in [2.45, 2.75) is 19.8 Å². The summed E-state index contributed by atoms with van der Waals surface area (Å²) in [7, 11) is 0. The molecule has 0 aromatic carbocycles. The first-order valence-electron chi connectivity index (χ1n) is 4.21. The van der Waals surface area contributed by atoms with Gasteiger partial charge < -0.3 is 5.11 Å². The van der Waals surface area contributed by atoms with Crippen molar-refractivity contribution in [3.8, 4) is 11.8 Å². The van der Waals surface area contributed by atoms with Crippen LogP contribution in [-0.2, 0) is 0 Å². The van der Waals surface area contributed by atoms with Crippen molar-refractivity contribution in [3.05, 3.63) is 23.8 Å². The summed E-state index contributed by atoms with van der Waals surface area (Å²) in [6.07, 6.45) is 4.75. The van der Waals surface area contributed by atoms with Crippen molar-refractivity contribution in [2.75, 3.05) is 6.61 Å². The van der Waals surface area contributed by atoms with Crippen LogP contribution in [0.5, 0.6) is 0 Å². The molecule has 3 nitrogen and oxygen atoms in total. The second-order valence-corrected chi connectivity index (χ2v) is 2.67. The third-order valence-electron chi connectivity index (χ3n) is 1.43. The minimum Gasteiger partial charge on any atom is -0.396 e. The van der Waals surface area contributed by atoms with E-state index in [9.17, 15) is 0 Å². The molecule has 0 aliphatic carbocycles. The molecule has 3 heteroatoms. The molecule has 1 aromatic rings. The lowest BCUT2D eigenvalue weighted by Gasteiger charge is -1.90. The van der Waals surface area contributed by atoms with Crippen LogP contribution in [0.25, 0.3) is 0 Å². The molecule has 0 spiro atoms. The SMILES string of the molecule is Cc1cncc(C#CCCCO)n1. The normalized spacial score (nSPS) is 9.08. The molecule has 0 aliphatic rings. The zero-order valence-electron chi connectivity index (χ0n) is 7.62. The molecule has 68 valence electrons. The van der Waals surface area contributed by atoms with Gasteiger partial charge in [0.2, 0.25) is 0 Å². The van der Waals surface area contributed by atoms with E-state index in [0.29, 0.717) is 18.5 Å². The zero-order chi connectivity index (χ0) is 9.52. The fraction of sp³-hybridized carbons (Fsp3) is 0.400. The number of hydrogen-bond donors (Lipinski definition) is 1. The van der Waals surface area contributed by atoms with Crippen LogP contribution in [0.1, 0.15) is 24.2 Å². The van der Waals surface area contributed by atoms with Crippen LogP contribution >= 0.6 is 0 Å². The van der Waals surface area contributed by atoms with Crippen LogP contribution in [-0.4, -0.2) is 21.7 Å². The van der Waals surface area contributed by atoms with Gasteiger partial charge in [0.15, 0.2) is 0 Å². The molecule has 1 N–H and O–H groups in total. The molecular weight excluding hydrogens is 164 g/mol. The predicted molar refractivity (Wildman–Crippen MR) is 50.0 cm³/mol. The number of rotatable bonds is 2. The van der Waals surface area contributed by atoms with Gasteiger partial charge >= 0.3 is 0 Å². The maximum Gasteiger partial charge on any atom is 0.131 e. The molecule has 0 radical (unpaired) electrons. The highest BCUT2D eigenvalue weighted by Crippen LogP contribution is 1.92. The number of nitrogens with zero attached hydrogens (tertiary/aromatic N) is 2. The summed E-state index contributed by atoms with van der Waals surface area (Å²) in [5.41, 5.74) is 1.56. The van der Waals surface area contributed by atoms with Crippen molar-refractivity contribution in [1.29, 1.82) is 0 Å². The van der Waals surface area contributed by atoms with Gasteiger partial charge in [0, 0.05) is 19.2 Å². The Hall–Kier alpha value is -1.40. The van der Waals surface area contributed by atoms with Crippen molar-refractivity contribution in [3.63, 3.8) is 0 Å². The van der Waals surface area contributed by atoms with Crippen LogP contribution in [0.4, 0.5) is 0 Å². The summed E-state index contributed by atoms with van der Waals surface area (Å²) >= 11 is 0. The molecule has 0 atom stereocenters. The van der Waals surface area contributed by atoms with Gasteiger partial charge in [-0.15, -0.1) is 0 Å². The largest absolute Gasteiger partial charge is 0.396 e. The quantitative estimate of drug-likeness (QED) is 0.538. The average molecular weight is 176 g/mol. The summed E-state index contributed by atoms with van der Waals surface area (Å²) in [6.45, 7) is 2.07. The average Bonchev–Trinajstić information content (AvgIpc) is 2.13. The first kappa shape index (κ1) is 9.69. The van der Waals surface area contributed by atoms with E-state index in [0.717, 1.165) is 5.69 Å². The Kier molecular flexibility index (Phi) is 3.94. The Labute approximate surface area is 77.9 Å². The molecule has 0 unspecified atom stereocenters. The Morgan fingerprint density at radius 3 is 3.00 bits per heavy atom. The lowest BCUT2D eigenvalue weighted by molar-refractivity contribution is 0.290. The van der Waals surface area contributed by atoms with E-state index in [1.54, 1.807) is 12.4 Å². The Morgan fingerprint density at radius 1 is 1.46 bits per heavy atom. The van der Waals surface area contributed by atoms with Crippen LogP contribution in [0.15, 0.2) is 12.4 Å². The van der Waals surface area contributed by atoms with Crippen LogP contribution < -0.4 is 0 Å². The summed E-state index contributed by atoms with van der Waals surface area (Å²) < 4.78 is 0. The highest BCUT2D eigenvalue weighted by Gasteiger charge is 1.88. The van der Waals surface area contributed by atoms with E-state index in [-0.39, 0.29) is 6.61 Å². The van der Waals surface area contributed by atoms with Crippen LogP contribution in [0.3, 0.4) is 0 Å². The lowest BCUT2D eigenvalue weighted by Crippen LogP contribution is -1.88. The van der Waals surface area contributed by atoms with E-state index in [1.807, 2.05) is 6.92 Å². The molecular formula is C10H12N2O. The molecule has 0 saturated carbocycles. The van der Waals surface area contributed by atoms with Crippen LogP contribution in [0.2, 0.25) is 0 Å². The fourth-order valence-electron chi connectivity index (χ4n) is 0.844. The van der Waals surface area contributed by atoms with Gasteiger partial charge in [0.1, 0.15) is 5.69 Å². The van der Waals surface area contributed by atoms with Crippen molar-refractivity contribution >= 4 is 0 Å². The highest BCUT2D eigenvalue weighted by molar-refractivity contribution is 5.25. The van der Waals surface area contributed by atoms with Gasteiger partial charge in [-0.3, -0.25) is 4.98 Å². The summed E-state index contributed by atoms with van der Waals surface area (Å²) in [6, 6.07) is 0. The van der Waals surface area contributed by atoms with Gasteiger partial charge in [0.25, 0.3) is 0 Å². The minimum atomic E-state index is 0.189. The van der Waals surface area contributed by atoms with Crippen molar-refractivity contribution < 1.29 is 5.11 Å². The molecule has 1 heterocycles. The molecule has 0 bridgehead atoms. The van der Waals surface area contributed by atoms with Gasteiger partial charge in [-0.05, 0) is 19.3 Å². The number of unbranched alkanes of at least 4 members (excludes halogenated alkanes) is 1. The van der Waals surface area contributed by atoms with Crippen molar-refractivity contribution in [2.24, 2.45) is 0 Å². The first-order chi connectivity index (χ1) is 6.33. The van der Waals surface area contributed by atoms with E-state index in [2.05, 4.69) is 21.8 Å². The molecule has 0 fully saturated rings. The Morgan fingerprint density at radius 2 is 2.31 bits per heavy atom. The summed E-state index contributed by atoms with van der Waals surface area (Å²) in [5.74, 6) is 5.80. The predicted octanol–water partition coefficient (Wildman–Crippen LogP) is 0.909. The van der Waals surface area contributed by atoms with Crippen LogP contribution in [0, 0.1) is 18.8 Å². The number of aryl methyl sites for hydroxylation is 1. The Bertz CT molecular complexity index is 325. The third kappa shape index (κ3) is 3.68. The third-order valence-corrected chi connectivity index (χ3v) is 1.43. The monoisotopic (exact) mass is 176 g/mol. The summed E-state index contributed by atoms with van der Waals surface area (Å²) in [4.78, 5) is 8.14. The second-order valence-electron chi connectivity index (χ2n) is 2.67. The minimum absolute atomic E-state index is 0.189. The van der Waals surface area contributed by atoms with E-state index in [4.69, 9.17) is 5.11 Å².